The molecule has 0 saturated heterocycles. The van der Waals surface area contributed by atoms with E-state index < -0.39 is 0 Å². The van der Waals surface area contributed by atoms with Crippen LogP contribution in [0.2, 0.25) is 0 Å². The molecule has 2 aromatic rings. The molecule has 20 heavy (non-hydrogen) atoms. The highest BCUT2D eigenvalue weighted by atomic mass is 15.1. The van der Waals surface area contributed by atoms with E-state index in [0.717, 1.165) is 37.6 Å². The maximum atomic E-state index is 5.78. The van der Waals surface area contributed by atoms with Crippen molar-refractivity contribution in [3.8, 4) is 0 Å². The molecule has 2 heterocycles. The molecule has 6 nitrogen and oxygen atoms in total. The Labute approximate surface area is 120 Å². The van der Waals surface area contributed by atoms with Crippen LogP contribution in [-0.2, 0) is 6.54 Å². The van der Waals surface area contributed by atoms with Gasteiger partial charge in [0.2, 0.25) is 0 Å². The van der Waals surface area contributed by atoms with Gasteiger partial charge in [0.15, 0.2) is 11.5 Å². The molecule has 0 radical (unpaired) electrons. The molecule has 0 bridgehead atoms. The molecule has 2 rings (SSSR count). The third kappa shape index (κ3) is 3.66. The first-order valence-electron chi connectivity index (χ1n) is 7.17. The number of hydrogen-bond donors (Lipinski definition) is 1. The molecule has 0 spiro atoms. The Morgan fingerprint density at radius 3 is 2.80 bits per heavy atom. The van der Waals surface area contributed by atoms with E-state index in [2.05, 4.69) is 40.7 Å². The van der Waals surface area contributed by atoms with Gasteiger partial charge in [0.1, 0.15) is 11.8 Å². The fraction of sp³-hybridized carbons (Fsp3) is 0.643. The molecule has 0 saturated carbocycles. The summed E-state index contributed by atoms with van der Waals surface area (Å²) in [5.74, 6) is 1.21. The fourth-order valence-corrected chi connectivity index (χ4v) is 2.16. The zero-order valence-electron chi connectivity index (χ0n) is 12.6. The molecule has 2 aromatic heterocycles. The minimum Gasteiger partial charge on any atom is -0.382 e. The molecule has 0 fully saturated rings. The topological polar surface area (TPSA) is 72.9 Å². The lowest BCUT2D eigenvalue weighted by Crippen LogP contribution is -2.23. The van der Waals surface area contributed by atoms with Crippen LogP contribution in [0.4, 0.5) is 5.82 Å². The van der Waals surface area contributed by atoms with Gasteiger partial charge in [0, 0.05) is 6.54 Å². The summed E-state index contributed by atoms with van der Waals surface area (Å²) in [7, 11) is 2.18. The monoisotopic (exact) mass is 276 g/mol. The zero-order chi connectivity index (χ0) is 14.5. The van der Waals surface area contributed by atoms with Gasteiger partial charge in [-0.15, -0.1) is 0 Å². The first kappa shape index (κ1) is 14.7. The number of nitrogens with zero attached hydrogens (tertiary/aromatic N) is 5. The standard InChI is InChI=1S/C14H24N6/c1-11(2)5-8-19(3)6-4-7-20-10-18-12-13(15)16-9-17-14(12)20/h9-11H,4-8H2,1-3H3,(H2,15,16,17). The number of aromatic nitrogens is 4. The van der Waals surface area contributed by atoms with Crippen molar-refractivity contribution >= 4 is 17.0 Å². The first-order chi connectivity index (χ1) is 9.58. The molecule has 0 unspecified atom stereocenters. The van der Waals surface area contributed by atoms with Gasteiger partial charge in [0.25, 0.3) is 0 Å². The Morgan fingerprint density at radius 2 is 2.05 bits per heavy atom. The lowest BCUT2D eigenvalue weighted by atomic mass is 10.1. The predicted molar refractivity (Wildman–Crippen MR) is 81.3 cm³/mol. The average Bonchev–Trinajstić information content (AvgIpc) is 2.81. The minimum atomic E-state index is 0.447. The quantitative estimate of drug-likeness (QED) is 0.834. The third-order valence-corrected chi connectivity index (χ3v) is 3.46. The van der Waals surface area contributed by atoms with Gasteiger partial charge in [-0.1, -0.05) is 13.8 Å². The summed E-state index contributed by atoms with van der Waals surface area (Å²) in [6.07, 6.45) is 5.60. The van der Waals surface area contributed by atoms with Crippen LogP contribution in [0.25, 0.3) is 11.2 Å². The Morgan fingerprint density at radius 1 is 1.25 bits per heavy atom. The smallest absolute Gasteiger partial charge is 0.165 e. The van der Waals surface area contributed by atoms with E-state index >= 15 is 0 Å². The van der Waals surface area contributed by atoms with Crippen molar-refractivity contribution < 1.29 is 0 Å². The van der Waals surface area contributed by atoms with Crippen molar-refractivity contribution in [1.82, 2.24) is 24.4 Å². The van der Waals surface area contributed by atoms with Crippen LogP contribution in [-0.4, -0.2) is 44.6 Å². The van der Waals surface area contributed by atoms with Crippen LogP contribution >= 0.6 is 0 Å². The van der Waals surface area contributed by atoms with E-state index in [-0.39, 0.29) is 0 Å². The molecule has 0 aliphatic heterocycles. The first-order valence-corrected chi connectivity index (χ1v) is 7.17. The van der Waals surface area contributed by atoms with E-state index in [0.29, 0.717) is 11.3 Å². The second-order valence-electron chi connectivity index (χ2n) is 5.71. The van der Waals surface area contributed by atoms with Gasteiger partial charge in [0.05, 0.1) is 6.33 Å². The number of imidazole rings is 1. The van der Waals surface area contributed by atoms with Crippen molar-refractivity contribution in [3.63, 3.8) is 0 Å². The normalized spacial score (nSPS) is 11.8. The van der Waals surface area contributed by atoms with E-state index in [1.54, 1.807) is 6.33 Å². The summed E-state index contributed by atoms with van der Waals surface area (Å²) in [6, 6.07) is 0. The van der Waals surface area contributed by atoms with Gasteiger partial charge >= 0.3 is 0 Å². The SMILES string of the molecule is CC(C)CCN(C)CCCn1cnc2c(N)ncnc21. The van der Waals surface area contributed by atoms with Gasteiger partial charge in [-0.25, -0.2) is 15.0 Å². The van der Waals surface area contributed by atoms with Crippen molar-refractivity contribution in [1.29, 1.82) is 0 Å². The lowest BCUT2D eigenvalue weighted by molar-refractivity contribution is 0.301. The Kier molecular flexibility index (Phi) is 4.89. The highest BCUT2D eigenvalue weighted by Gasteiger charge is 2.07. The van der Waals surface area contributed by atoms with Crippen LogP contribution in [0.15, 0.2) is 12.7 Å². The molecule has 2 N–H and O–H groups in total. The van der Waals surface area contributed by atoms with Crippen LogP contribution in [0, 0.1) is 5.92 Å². The molecule has 110 valence electrons. The maximum absolute atomic E-state index is 5.78. The van der Waals surface area contributed by atoms with Crippen LogP contribution in [0.1, 0.15) is 26.7 Å². The molecule has 0 amide bonds. The minimum absolute atomic E-state index is 0.447. The van der Waals surface area contributed by atoms with Crippen molar-refractivity contribution in [2.45, 2.75) is 33.2 Å². The lowest BCUT2D eigenvalue weighted by Gasteiger charge is -2.17. The maximum Gasteiger partial charge on any atom is 0.165 e. The molecular formula is C14H24N6. The van der Waals surface area contributed by atoms with Crippen LogP contribution < -0.4 is 5.73 Å². The number of nitrogens with two attached hydrogens (primary N) is 1. The van der Waals surface area contributed by atoms with Gasteiger partial charge in [-0.2, -0.15) is 0 Å². The molecule has 0 aliphatic rings. The summed E-state index contributed by atoms with van der Waals surface area (Å²) in [4.78, 5) is 14.9. The number of nitrogen functional groups attached to an aromatic ring is 1. The Bertz CT molecular complexity index is 548. The molecule has 6 heteroatoms. The zero-order valence-corrected chi connectivity index (χ0v) is 12.6. The number of aryl methyl sites for hydroxylation is 1. The second kappa shape index (κ2) is 6.65. The Balaban J connectivity index is 1.86. The average molecular weight is 276 g/mol. The van der Waals surface area contributed by atoms with Crippen molar-refractivity contribution in [3.05, 3.63) is 12.7 Å². The Hall–Kier alpha value is -1.69. The van der Waals surface area contributed by atoms with Crippen LogP contribution in [0.3, 0.4) is 0 Å². The number of rotatable bonds is 7. The molecule has 0 aliphatic carbocycles. The van der Waals surface area contributed by atoms with Crippen molar-refractivity contribution in [2.75, 3.05) is 25.9 Å². The summed E-state index contributed by atoms with van der Waals surface area (Å²) in [6.45, 7) is 7.65. The van der Waals surface area contributed by atoms with E-state index in [9.17, 15) is 0 Å². The van der Waals surface area contributed by atoms with E-state index in [1.165, 1.54) is 12.7 Å². The highest BCUT2D eigenvalue weighted by Crippen LogP contribution is 2.14. The third-order valence-electron chi connectivity index (χ3n) is 3.46. The number of fused-ring (bicyclic) bond motifs is 1. The number of anilines is 1. The molecule has 0 aromatic carbocycles. The molecular weight excluding hydrogens is 252 g/mol. The molecule has 0 atom stereocenters. The summed E-state index contributed by atoms with van der Waals surface area (Å²) >= 11 is 0. The van der Waals surface area contributed by atoms with Gasteiger partial charge in [-0.3, -0.25) is 0 Å². The predicted octanol–water partition coefficient (Wildman–Crippen LogP) is 1.78. The highest BCUT2D eigenvalue weighted by molar-refractivity contribution is 5.80. The fourth-order valence-electron chi connectivity index (χ4n) is 2.16. The van der Waals surface area contributed by atoms with E-state index in [1.807, 2.05) is 4.57 Å². The van der Waals surface area contributed by atoms with Crippen molar-refractivity contribution in [2.24, 2.45) is 5.92 Å². The van der Waals surface area contributed by atoms with E-state index in [4.69, 9.17) is 5.73 Å². The van der Waals surface area contributed by atoms with Gasteiger partial charge < -0.3 is 15.2 Å². The van der Waals surface area contributed by atoms with Gasteiger partial charge in [-0.05, 0) is 38.9 Å². The summed E-state index contributed by atoms with van der Waals surface area (Å²) in [5.41, 5.74) is 7.30. The summed E-state index contributed by atoms with van der Waals surface area (Å²) in [5, 5.41) is 0. The van der Waals surface area contributed by atoms with Crippen LogP contribution in [0.5, 0.6) is 0 Å². The number of hydrogen-bond acceptors (Lipinski definition) is 5. The second-order valence-corrected chi connectivity index (χ2v) is 5.71. The summed E-state index contributed by atoms with van der Waals surface area (Å²) < 4.78 is 2.05. The largest absolute Gasteiger partial charge is 0.382 e.